The third-order valence-electron chi connectivity index (χ3n) is 10.5. The van der Waals surface area contributed by atoms with Crippen molar-refractivity contribution in [2.45, 2.75) is 82.5 Å². The number of thiazole rings is 1. The number of carbonyl (C=O) groups is 4. The zero-order valence-corrected chi connectivity index (χ0v) is 32.0. The molecule has 5 heterocycles. The van der Waals surface area contributed by atoms with Gasteiger partial charge in [0.25, 0.3) is 5.91 Å². The molecule has 5 atom stereocenters. The minimum absolute atomic E-state index is 0.0143. The Balaban J connectivity index is 1.14. The van der Waals surface area contributed by atoms with Crippen LogP contribution in [0.15, 0.2) is 73.1 Å². The number of aromatic nitrogens is 5. The summed E-state index contributed by atoms with van der Waals surface area (Å²) in [4.78, 5) is 80.4. The smallest absolute Gasteiger partial charge is 0.332 e. The predicted octanol–water partition coefficient (Wildman–Crippen LogP) is 5.11. The number of rotatable bonds is 7. The standard InChI is InChI=1S/C41H42N8O6S/c1-3-54-40(53)41-20-26(41)13-7-5-4-6-8-17-31(45-35(50)25-21-42-24(2)43-22-25)39(52)49-23-27(19-32(49)36(51)48-41)55-37-34(44-28-14-9-10-15-29(28)46-37)38-47-30-16-11-12-18-33(30)56-38/h7,9-16,18,21-22,26-27,31-32H,3-6,8,17,19-20,23H2,1-2H3,(H,45,50)(H,48,51)/b13-7-/t26-,27-,31+,32+,41-/m1/s1. The molecule has 1 saturated heterocycles. The van der Waals surface area contributed by atoms with Gasteiger partial charge in [-0.1, -0.05) is 49.3 Å². The predicted molar refractivity (Wildman–Crippen MR) is 209 cm³/mol. The number of para-hydroxylation sites is 3. The average Bonchev–Trinajstić information content (AvgIpc) is 3.49. The molecule has 56 heavy (non-hydrogen) atoms. The van der Waals surface area contributed by atoms with E-state index < -0.39 is 47.4 Å². The summed E-state index contributed by atoms with van der Waals surface area (Å²) in [5.41, 5.74) is 1.52. The molecule has 288 valence electrons. The van der Waals surface area contributed by atoms with Crippen LogP contribution in [0.5, 0.6) is 5.88 Å². The van der Waals surface area contributed by atoms with Crippen LogP contribution in [0.25, 0.3) is 32.0 Å². The van der Waals surface area contributed by atoms with Gasteiger partial charge in [-0.15, -0.1) is 11.3 Å². The summed E-state index contributed by atoms with van der Waals surface area (Å²) in [6, 6.07) is 13.3. The SMILES string of the molecule is CCOC(=O)[C@@]12C[C@H]1/C=C\CCCCC[C@H](NC(=O)c1cnc(C)nc1)C(=O)N1C[C@H](Oc3nc4ccccc4nc3-c3nc4ccccc4s3)C[C@H]1C(=O)N2. The number of fused-ring (bicyclic) bond motifs is 4. The van der Waals surface area contributed by atoms with E-state index in [1.807, 2.05) is 60.7 Å². The van der Waals surface area contributed by atoms with Gasteiger partial charge in [-0.3, -0.25) is 14.4 Å². The number of esters is 1. The van der Waals surface area contributed by atoms with Crippen LogP contribution in [-0.2, 0) is 19.1 Å². The zero-order chi connectivity index (χ0) is 38.8. The minimum Gasteiger partial charge on any atom is -0.471 e. The van der Waals surface area contributed by atoms with Crippen molar-refractivity contribution >= 4 is 56.3 Å². The lowest BCUT2D eigenvalue weighted by Crippen LogP contribution is -2.56. The van der Waals surface area contributed by atoms with Crippen LogP contribution >= 0.6 is 11.3 Å². The van der Waals surface area contributed by atoms with E-state index in [-0.39, 0.29) is 36.9 Å². The molecule has 1 saturated carbocycles. The van der Waals surface area contributed by atoms with Crippen molar-refractivity contribution in [1.82, 2.24) is 40.5 Å². The van der Waals surface area contributed by atoms with Gasteiger partial charge < -0.3 is 25.0 Å². The molecule has 0 radical (unpaired) electrons. The molecule has 1 aliphatic carbocycles. The third-order valence-corrected chi connectivity index (χ3v) is 11.6. The quantitative estimate of drug-likeness (QED) is 0.166. The first-order valence-electron chi connectivity index (χ1n) is 19.1. The second-order valence-corrected chi connectivity index (χ2v) is 15.5. The molecule has 0 bridgehead atoms. The number of nitrogens with one attached hydrogen (secondary N) is 2. The van der Waals surface area contributed by atoms with Crippen molar-refractivity contribution in [3.05, 3.63) is 84.5 Å². The number of hydrogen-bond acceptors (Lipinski definition) is 12. The molecule has 2 aliphatic heterocycles. The lowest BCUT2D eigenvalue weighted by Gasteiger charge is -2.29. The Kier molecular flexibility index (Phi) is 10.4. The van der Waals surface area contributed by atoms with Crippen molar-refractivity contribution in [1.29, 1.82) is 0 Å². The maximum Gasteiger partial charge on any atom is 0.332 e. The van der Waals surface area contributed by atoms with Crippen LogP contribution < -0.4 is 15.4 Å². The fraction of sp³-hybridized carbons (Fsp3) is 0.390. The Hall–Kier alpha value is -5.83. The van der Waals surface area contributed by atoms with Crippen LogP contribution in [0.3, 0.4) is 0 Å². The molecule has 14 nitrogen and oxygen atoms in total. The monoisotopic (exact) mass is 774 g/mol. The number of carbonyl (C=O) groups excluding carboxylic acids is 4. The molecule has 2 aromatic carbocycles. The van der Waals surface area contributed by atoms with Crippen molar-refractivity contribution in [3.8, 4) is 16.6 Å². The molecule has 0 unspecified atom stereocenters. The van der Waals surface area contributed by atoms with Crippen molar-refractivity contribution in [2.75, 3.05) is 13.2 Å². The van der Waals surface area contributed by atoms with Crippen LogP contribution in [0.2, 0.25) is 0 Å². The van der Waals surface area contributed by atoms with E-state index >= 15 is 0 Å². The number of nitrogens with zero attached hydrogens (tertiary/aromatic N) is 6. The molecule has 3 aromatic heterocycles. The molecule has 0 spiro atoms. The van der Waals surface area contributed by atoms with Gasteiger partial charge in [0, 0.05) is 24.7 Å². The van der Waals surface area contributed by atoms with Crippen LogP contribution in [0, 0.1) is 12.8 Å². The fourth-order valence-electron chi connectivity index (χ4n) is 7.48. The van der Waals surface area contributed by atoms with Gasteiger partial charge in [-0.25, -0.2) is 29.7 Å². The number of benzene rings is 2. The first kappa shape index (κ1) is 37.1. The van der Waals surface area contributed by atoms with Gasteiger partial charge in [-0.05, 0) is 63.8 Å². The number of hydrogen-bond donors (Lipinski definition) is 2. The third kappa shape index (κ3) is 7.55. The van der Waals surface area contributed by atoms with Crippen molar-refractivity contribution < 1.29 is 28.7 Å². The second kappa shape index (κ2) is 15.7. The van der Waals surface area contributed by atoms with E-state index in [0.29, 0.717) is 46.8 Å². The Morgan fingerprint density at radius 2 is 1.73 bits per heavy atom. The maximum absolute atomic E-state index is 14.7. The van der Waals surface area contributed by atoms with Gasteiger partial charge in [0.1, 0.15) is 34.6 Å². The highest BCUT2D eigenvalue weighted by atomic mass is 32.1. The molecule has 3 aliphatic rings. The van der Waals surface area contributed by atoms with E-state index in [4.69, 9.17) is 24.4 Å². The number of allylic oxidation sites excluding steroid dienone is 1. The molecular weight excluding hydrogens is 733 g/mol. The summed E-state index contributed by atoms with van der Waals surface area (Å²) in [6.07, 6.45) is 10.1. The molecule has 15 heteroatoms. The van der Waals surface area contributed by atoms with Crippen molar-refractivity contribution in [3.63, 3.8) is 0 Å². The van der Waals surface area contributed by atoms with Crippen LogP contribution in [0.1, 0.15) is 68.1 Å². The Bertz CT molecular complexity index is 2300. The minimum atomic E-state index is -1.24. The van der Waals surface area contributed by atoms with Crippen LogP contribution in [-0.4, -0.2) is 90.4 Å². The first-order valence-corrected chi connectivity index (χ1v) is 19.9. The van der Waals surface area contributed by atoms with E-state index in [1.54, 1.807) is 13.8 Å². The summed E-state index contributed by atoms with van der Waals surface area (Å²) >= 11 is 1.47. The Morgan fingerprint density at radius 1 is 0.982 bits per heavy atom. The lowest BCUT2D eigenvalue weighted by atomic mass is 10.0. The summed E-state index contributed by atoms with van der Waals surface area (Å²) in [5.74, 6) is -1.43. The number of aryl methyl sites for hydroxylation is 1. The number of amides is 3. The van der Waals surface area contributed by atoms with Gasteiger partial charge in [0.2, 0.25) is 17.7 Å². The van der Waals surface area contributed by atoms with E-state index in [1.165, 1.54) is 28.6 Å². The van der Waals surface area contributed by atoms with Crippen LogP contribution in [0.4, 0.5) is 0 Å². The highest BCUT2D eigenvalue weighted by molar-refractivity contribution is 7.21. The molecule has 3 amide bonds. The fourth-order valence-corrected chi connectivity index (χ4v) is 8.43. The summed E-state index contributed by atoms with van der Waals surface area (Å²) in [5, 5.41) is 6.54. The highest BCUT2D eigenvalue weighted by Crippen LogP contribution is 2.46. The first-order chi connectivity index (χ1) is 27.2. The van der Waals surface area contributed by atoms with E-state index in [0.717, 1.165) is 29.5 Å². The highest BCUT2D eigenvalue weighted by Gasteiger charge is 2.62. The molecule has 8 rings (SSSR count). The normalized spacial score (nSPS) is 24.6. The maximum atomic E-state index is 14.7. The van der Waals surface area contributed by atoms with Gasteiger partial charge in [0.15, 0.2) is 5.69 Å². The molecule has 5 aromatic rings. The molecular formula is C41H42N8O6S. The average molecular weight is 775 g/mol. The van der Waals surface area contributed by atoms with Gasteiger partial charge >= 0.3 is 5.97 Å². The number of ether oxygens (including phenoxy) is 2. The zero-order valence-electron chi connectivity index (χ0n) is 31.1. The topological polar surface area (TPSA) is 178 Å². The molecule has 2 N–H and O–H groups in total. The van der Waals surface area contributed by atoms with E-state index in [2.05, 4.69) is 20.6 Å². The van der Waals surface area contributed by atoms with E-state index in [9.17, 15) is 19.2 Å². The summed E-state index contributed by atoms with van der Waals surface area (Å²) in [7, 11) is 0. The van der Waals surface area contributed by atoms with Crippen molar-refractivity contribution in [2.24, 2.45) is 5.92 Å². The molecule has 2 fully saturated rings. The summed E-state index contributed by atoms with van der Waals surface area (Å²) in [6.45, 7) is 3.62. The Morgan fingerprint density at radius 3 is 2.50 bits per heavy atom. The van der Waals surface area contributed by atoms with Gasteiger partial charge in [0.05, 0.1) is 40.0 Å². The lowest BCUT2D eigenvalue weighted by molar-refractivity contribution is -0.150. The largest absolute Gasteiger partial charge is 0.471 e. The second-order valence-electron chi connectivity index (χ2n) is 14.4. The van der Waals surface area contributed by atoms with Gasteiger partial charge in [-0.2, -0.15) is 0 Å². The summed E-state index contributed by atoms with van der Waals surface area (Å²) < 4.78 is 13.1. The Labute approximate surface area is 327 Å².